The lowest BCUT2D eigenvalue weighted by atomic mass is 9.70. The van der Waals surface area contributed by atoms with Crippen LogP contribution in [0.4, 0.5) is 0 Å². The van der Waals surface area contributed by atoms with Crippen molar-refractivity contribution in [3.63, 3.8) is 0 Å². The van der Waals surface area contributed by atoms with Gasteiger partial charge in [0.15, 0.2) is 0 Å². The molecule has 0 aromatic heterocycles. The topological polar surface area (TPSA) is 15.6 Å². The first-order chi connectivity index (χ1) is 8.45. The highest BCUT2D eigenvalue weighted by atomic mass is 15.5. The maximum atomic E-state index is 4.42. The fourth-order valence-electron chi connectivity index (χ4n) is 2.92. The summed E-state index contributed by atoms with van der Waals surface area (Å²) in [6.07, 6.45) is 9.33. The molecule has 0 amide bonds. The predicted octanol–water partition coefficient (Wildman–Crippen LogP) is 4.48. The normalized spacial score (nSPS) is 23.8. The Hall–Kier alpha value is -0.790. The van der Waals surface area contributed by atoms with Crippen LogP contribution in [0.5, 0.6) is 0 Å². The van der Waals surface area contributed by atoms with E-state index in [-0.39, 0.29) is 5.41 Å². The molecule has 0 saturated heterocycles. The van der Waals surface area contributed by atoms with Crippen LogP contribution in [0.15, 0.2) is 16.8 Å². The van der Waals surface area contributed by atoms with Gasteiger partial charge in [-0.15, -0.1) is 0 Å². The van der Waals surface area contributed by atoms with Gasteiger partial charge in [0.2, 0.25) is 0 Å². The monoisotopic (exact) mass is 250 g/mol. The van der Waals surface area contributed by atoms with Gasteiger partial charge in [-0.05, 0) is 18.8 Å². The molecule has 0 spiro atoms. The first-order valence-electron chi connectivity index (χ1n) is 7.41. The van der Waals surface area contributed by atoms with Crippen LogP contribution in [0, 0.1) is 11.3 Å². The molecule has 1 heterocycles. The Bertz CT molecular complexity index is 317. The fraction of sp³-hybridized carbons (Fsp3) is 0.812. The first-order valence-corrected chi connectivity index (χ1v) is 7.41. The Balaban J connectivity index is 2.99. The molecule has 0 radical (unpaired) electrons. The molecule has 0 fully saturated rings. The van der Waals surface area contributed by atoms with E-state index in [0.29, 0.717) is 12.0 Å². The lowest BCUT2D eigenvalue weighted by molar-refractivity contribution is 0.116. The van der Waals surface area contributed by atoms with Gasteiger partial charge in [0.05, 0.1) is 6.04 Å². The number of hydrazone groups is 1. The summed E-state index contributed by atoms with van der Waals surface area (Å²) in [4.78, 5) is 0. The average Bonchev–Trinajstić information content (AvgIpc) is 2.75. The van der Waals surface area contributed by atoms with Crippen molar-refractivity contribution in [2.24, 2.45) is 16.4 Å². The Morgan fingerprint density at radius 2 is 2.17 bits per heavy atom. The second-order valence-corrected chi connectivity index (χ2v) is 6.05. The van der Waals surface area contributed by atoms with Gasteiger partial charge in [-0.1, -0.05) is 52.7 Å². The SMILES string of the molecule is CCC/C(=C/[C@@](C)(C(C)C)[C@@H]1CC=NN1C)CC. The van der Waals surface area contributed by atoms with Gasteiger partial charge in [-0.3, -0.25) is 5.01 Å². The number of rotatable bonds is 6. The van der Waals surface area contributed by atoms with E-state index in [2.05, 4.69) is 64.1 Å². The minimum absolute atomic E-state index is 0.214. The summed E-state index contributed by atoms with van der Waals surface area (Å²) in [6.45, 7) is 11.6. The molecular weight excluding hydrogens is 220 g/mol. The zero-order valence-electron chi connectivity index (χ0n) is 13.0. The molecular formula is C16H30N2. The van der Waals surface area contributed by atoms with Crippen molar-refractivity contribution in [1.29, 1.82) is 0 Å². The van der Waals surface area contributed by atoms with Crippen LogP contribution in [0.25, 0.3) is 0 Å². The summed E-state index contributed by atoms with van der Waals surface area (Å²) in [5, 5.41) is 6.57. The summed E-state index contributed by atoms with van der Waals surface area (Å²) >= 11 is 0. The van der Waals surface area contributed by atoms with Gasteiger partial charge in [0.25, 0.3) is 0 Å². The van der Waals surface area contributed by atoms with Crippen LogP contribution in [0.1, 0.15) is 60.3 Å². The van der Waals surface area contributed by atoms with E-state index in [1.54, 1.807) is 5.57 Å². The molecule has 104 valence electrons. The van der Waals surface area contributed by atoms with Crippen molar-refractivity contribution < 1.29 is 0 Å². The van der Waals surface area contributed by atoms with E-state index in [1.165, 1.54) is 19.3 Å². The molecule has 0 saturated carbocycles. The fourth-order valence-corrected chi connectivity index (χ4v) is 2.92. The molecule has 0 aliphatic carbocycles. The summed E-state index contributed by atoms with van der Waals surface area (Å²) in [5.74, 6) is 0.630. The maximum Gasteiger partial charge on any atom is 0.0607 e. The molecule has 2 nitrogen and oxygen atoms in total. The summed E-state index contributed by atoms with van der Waals surface area (Å²) in [5.41, 5.74) is 1.82. The minimum atomic E-state index is 0.214. The summed E-state index contributed by atoms with van der Waals surface area (Å²) < 4.78 is 0. The van der Waals surface area contributed by atoms with Gasteiger partial charge in [-0.25, -0.2) is 0 Å². The summed E-state index contributed by atoms with van der Waals surface area (Å²) in [6, 6.07) is 0.510. The predicted molar refractivity (Wildman–Crippen MR) is 80.9 cm³/mol. The van der Waals surface area contributed by atoms with Crippen LogP contribution in [0.3, 0.4) is 0 Å². The largest absolute Gasteiger partial charge is 0.296 e. The van der Waals surface area contributed by atoms with E-state index in [9.17, 15) is 0 Å². The van der Waals surface area contributed by atoms with Gasteiger partial charge in [-0.2, -0.15) is 5.10 Å². The third-order valence-corrected chi connectivity index (χ3v) is 4.55. The third-order valence-electron chi connectivity index (χ3n) is 4.55. The van der Waals surface area contributed by atoms with Crippen molar-refractivity contribution in [3.05, 3.63) is 11.6 Å². The van der Waals surface area contributed by atoms with Crippen LogP contribution in [-0.4, -0.2) is 24.3 Å². The molecule has 0 bridgehead atoms. The minimum Gasteiger partial charge on any atom is -0.296 e. The smallest absolute Gasteiger partial charge is 0.0607 e. The molecule has 2 heteroatoms. The average molecular weight is 250 g/mol. The van der Waals surface area contributed by atoms with E-state index in [0.717, 1.165) is 6.42 Å². The molecule has 0 N–H and O–H groups in total. The Morgan fingerprint density at radius 3 is 2.56 bits per heavy atom. The van der Waals surface area contributed by atoms with Crippen molar-refractivity contribution in [3.8, 4) is 0 Å². The van der Waals surface area contributed by atoms with Crippen LogP contribution in [0.2, 0.25) is 0 Å². The lowest BCUT2D eigenvalue weighted by Gasteiger charge is -2.40. The van der Waals surface area contributed by atoms with Gasteiger partial charge < -0.3 is 0 Å². The molecule has 1 aliphatic rings. The summed E-state index contributed by atoms with van der Waals surface area (Å²) in [7, 11) is 2.11. The first kappa shape index (κ1) is 15.3. The van der Waals surface area contributed by atoms with Crippen LogP contribution in [-0.2, 0) is 0 Å². The highest BCUT2D eigenvalue weighted by Gasteiger charge is 2.39. The van der Waals surface area contributed by atoms with Crippen molar-refractivity contribution in [1.82, 2.24) is 5.01 Å². The second-order valence-electron chi connectivity index (χ2n) is 6.05. The number of hydrogen-bond donors (Lipinski definition) is 0. The van der Waals surface area contributed by atoms with Crippen LogP contribution >= 0.6 is 0 Å². The molecule has 0 aromatic rings. The molecule has 18 heavy (non-hydrogen) atoms. The Kier molecular flexibility index (Phi) is 5.43. The quantitative estimate of drug-likeness (QED) is 0.635. The van der Waals surface area contributed by atoms with Crippen molar-refractivity contribution >= 4 is 6.21 Å². The third kappa shape index (κ3) is 3.15. The zero-order valence-corrected chi connectivity index (χ0v) is 13.0. The lowest BCUT2D eigenvalue weighted by Crippen LogP contribution is -2.42. The van der Waals surface area contributed by atoms with Gasteiger partial charge in [0, 0.05) is 25.1 Å². The number of allylic oxidation sites excluding steroid dienone is 1. The maximum absolute atomic E-state index is 4.42. The number of hydrogen-bond acceptors (Lipinski definition) is 2. The Morgan fingerprint density at radius 1 is 1.50 bits per heavy atom. The molecule has 2 atom stereocenters. The van der Waals surface area contributed by atoms with Crippen molar-refractivity contribution in [2.75, 3.05) is 7.05 Å². The van der Waals surface area contributed by atoms with Crippen molar-refractivity contribution in [2.45, 2.75) is 66.3 Å². The highest BCUT2D eigenvalue weighted by Crippen LogP contribution is 2.40. The number of nitrogens with zero attached hydrogens (tertiary/aromatic N) is 2. The van der Waals surface area contributed by atoms with E-state index < -0.39 is 0 Å². The van der Waals surface area contributed by atoms with E-state index in [1.807, 2.05) is 0 Å². The van der Waals surface area contributed by atoms with Crippen LogP contribution < -0.4 is 0 Å². The van der Waals surface area contributed by atoms with Gasteiger partial charge >= 0.3 is 0 Å². The van der Waals surface area contributed by atoms with E-state index in [4.69, 9.17) is 0 Å². The molecule has 1 rings (SSSR count). The zero-order chi connectivity index (χ0) is 13.8. The second kappa shape index (κ2) is 6.40. The Labute approximate surface area is 113 Å². The van der Waals surface area contributed by atoms with Gasteiger partial charge in [0.1, 0.15) is 0 Å². The molecule has 0 unspecified atom stereocenters. The molecule has 1 aliphatic heterocycles. The van der Waals surface area contributed by atoms with E-state index >= 15 is 0 Å². The highest BCUT2D eigenvalue weighted by molar-refractivity contribution is 5.60. The molecule has 0 aromatic carbocycles. The standard InChI is InChI=1S/C16H30N2/c1-7-9-14(8-2)12-16(5,13(3)4)15-10-11-17-18(15)6/h11-13,15H,7-10H2,1-6H3/b14-12+/t15-,16-/m0/s1.